The van der Waals surface area contributed by atoms with Crippen LogP contribution in [0.3, 0.4) is 0 Å². The van der Waals surface area contributed by atoms with Crippen molar-refractivity contribution >= 4 is 17.5 Å². The molecule has 32 heavy (non-hydrogen) atoms. The summed E-state index contributed by atoms with van der Waals surface area (Å²) in [6.07, 6.45) is 0.742. The third-order valence-corrected chi connectivity index (χ3v) is 5.18. The smallest absolute Gasteiger partial charge is 0.254 e. The van der Waals surface area contributed by atoms with Crippen LogP contribution < -0.4 is 10.1 Å². The third kappa shape index (κ3) is 5.75. The number of ether oxygens (including phenoxy) is 1. The molecule has 0 fully saturated rings. The van der Waals surface area contributed by atoms with Crippen LogP contribution in [0.25, 0.3) is 0 Å². The Balaban J connectivity index is 1.68. The van der Waals surface area contributed by atoms with Crippen molar-refractivity contribution < 1.29 is 18.8 Å². The molecule has 0 spiro atoms. The molecule has 7 heteroatoms. The van der Waals surface area contributed by atoms with E-state index in [9.17, 15) is 9.59 Å². The standard InChI is InChI=1S/C25H29N3O4/c1-5-13-28(15-24(29)26-23-12-7-6-9-17(23)2)25(30)20-10-8-11-21(14-20)31-16-22-18(3)27-32-19(22)4/h6-12,14H,5,13,15-16H2,1-4H3,(H,26,29). The van der Waals surface area contributed by atoms with E-state index in [4.69, 9.17) is 9.26 Å². The first kappa shape index (κ1) is 23.1. The van der Waals surface area contributed by atoms with Gasteiger partial charge in [-0.15, -0.1) is 0 Å². The van der Waals surface area contributed by atoms with Crippen LogP contribution in [0.5, 0.6) is 5.75 Å². The van der Waals surface area contributed by atoms with Gasteiger partial charge in [0, 0.05) is 17.8 Å². The quantitative estimate of drug-likeness (QED) is 0.528. The van der Waals surface area contributed by atoms with Crippen LogP contribution in [-0.2, 0) is 11.4 Å². The summed E-state index contributed by atoms with van der Waals surface area (Å²) in [6.45, 7) is 8.36. The van der Waals surface area contributed by atoms with E-state index in [2.05, 4.69) is 10.5 Å². The van der Waals surface area contributed by atoms with Gasteiger partial charge in [-0.3, -0.25) is 9.59 Å². The minimum absolute atomic E-state index is 0.0226. The summed E-state index contributed by atoms with van der Waals surface area (Å²) in [4.78, 5) is 27.3. The van der Waals surface area contributed by atoms with E-state index in [1.807, 2.05) is 52.0 Å². The molecule has 168 valence electrons. The lowest BCUT2D eigenvalue weighted by Gasteiger charge is -2.22. The molecule has 0 unspecified atom stereocenters. The molecular formula is C25H29N3O4. The van der Waals surface area contributed by atoms with Crippen molar-refractivity contribution in [3.63, 3.8) is 0 Å². The summed E-state index contributed by atoms with van der Waals surface area (Å²) >= 11 is 0. The van der Waals surface area contributed by atoms with Gasteiger partial charge in [-0.25, -0.2) is 0 Å². The van der Waals surface area contributed by atoms with Gasteiger partial charge in [0.05, 0.1) is 11.3 Å². The van der Waals surface area contributed by atoms with Crippen molar-refractivity contribution in [2.24, 2.45) is 0 Å². The number of aromatic nitrogens is 1. The highest BCUT2D eigenvalue weighted by Gasteiger charge is 2.19. The van der Waals surface area contributed by atoms with Crippen LogP contribution in [0.1, 0.15) is 46.3 Å². The number of carbonyl (C=O) groups excluding carboxylic acids is 2. The lowest BCUT2D eigenvalue weighted by molar-refractivity contribution is -0.116. The van der Waals surface area contributed by atoms with Crippen LogP contribution in [0, 0.1) is 20.8 Å². The molecule has 3 rings (SSSR count). The molecule has 0 atom stereocenters. The van der Waals surface area contributed by atoms with E-state index in [0.717, 1.165) is 28.9 Å². The largest absolute Gasteiger partial charge is 0.489 e. The molecule has 1 aromatic heterocycles. The summed E-state index contributed by atoms with van der Waals surface area (Å²) in [5.41, 5.74) is 3.86. The van der Waals surface area contributed by atoms with E-state index >= 15 is 0 Å². The zero-order valence-corrected chi connectivity index (χ0v) is 19.0. The molecule has 0 bridgehead atoms. The number of anilines is 1. The number of aryl methyl sites for hydroxylation is 3. The minimum Gasteiger partial charge on any atom is -0.489 e. The van der Waals surface area contributed by atoms with E-state index in [-0.39, 0.29) is 18.4 Å². The van der Waals surface area contributed by atoms with Gasteiger partial charge in [0.15, 0.2) is 0 Å². The summed E-state index contributed by atoms with van der Waals surface area (Å²) in [5.74, 6) is 0.835. The van der Waals surface area contributed by atoms with Crippen molar-refractivity contribution in [2.75, 3.05) is 18.4 Å². The molecular weight excluding hydrogens is 406 g/mol. The molecule has 2 amide bonds. The summed E-state index contributed by atoms with van der Waals surface area (Å²) in [5, 5.41) is 6.82. The topological polar surface area (TPSA) is 84.7 Å². The predicted molar refractivity (Wildman–Crippen MR) is 123 cm³/mol. The number of benzene rings is 2. The van der Waals surface area contributed by atoms with Crippen molar-refractivity contribution in [1.29, 1.82) is 0 Å². The first-order valence-corrected chi connectivity index (χ1v) is 10.7. The Hall–Kier alpha value is -3.61. The Labute approximate surface area is 188 Å². The minimum atomic E-state index is -0.230. The van der Waals surface area contributed by atoms with Crippen molar-refractivity contribution in [1.82, 2.24) is 10.1 Å². The van der Waals surface area contributed by atoms with E-state index in [1.165, 1.54) is 0 Å². The number of nitrogens with zero attached hydrogens (tertiary/aromatic N) is 2. The Morgan fingerprint density at radius 2 is 1.88 bits per heavy atom. The second kappa shape index (κ2) is 10.6. The molecule has 1 N–H and O–H groups in total. The fourth-order valence-electron chi connectivity index (χ4n) is 3.36. The number of nitrogens with one attached hydrogen (secondary N) is 1. The number of carbonyl (C=O) groups is 2. The summed E-state index contributed by atoms with van der Waals surface area (Å²) in [7, 11) is 0. The molecule has 0 saturated heterocycles. The molecule has 7 nitrogen and oxygen atoms in total. The van der Waals surface area contributed by atoms with Crippen LogP contribution >= 0.6 is 0 Å². The average molecular weight is 436 g/mol. The number of amides is 2. The SMILES string of the molecule is CCCN(CC(=O)Nc1ccccc1C)C(=O)c1cccc(OCc2c(C)noc2C)c1. The van der Waals surface area contributed by atoms with Crippen molar-refractivity contribution in [2.45, 2.75) is 40.7 Å². The molecule has 0 radical (unpaired) electrons. The first-order valence-electron chi connectivity index (χ1n) is 10.7. The Bertz CT molecular complexity index is 1070. The average Bonchev–Trinajstić information content (AvgIpc) is 3.10. The van der Waals surface area contributed by atoms with Crippen molar-refractivity contribution in [3.8, 4) is 5.75 Å². The molecule has 0 aliphatic heterocycles. The maximum atomic E-state index is 13.1. The normalized spacial score (nSPS) is 10.6. The van der Waals surface area contributed by atoms with E-state index < -0.39 is 0 Å². The van der Waals surface area contributed by atoms with Gasteiger partial charge < -0.3 is 19.5 Å². The second-order valence-corrected chi connectivity index (χ2v) is 7.71. The van der Waals surface area contributed by atoms with Gasteiger partial charge in [0.2, 0.25) is 5.91 Å². The molecule has 0 aliphatic carbocycles. The van der Waals surface area contributed by atoms with Gasteiger partial charge in [0.1, 0.15) is 24.7 Å². The van der Waals surface area contributed by atoms with Crippen LogP contribution in [0.4, 0.5) is 5.69 Å². The van der Waals surface area contributed by atoms with Crippen LogP contribution in [0.2, 0.25) is 0 Å². The lowest BCUT2D eigenvalue weighted by atomic mass is 10.1. The molecule has 1 heterocycles. The Kier molecular flexibility index (Phi) is 7.65. The van der Waals surface area contributed by atoms with Crippen LogP contribution in [-0.4, -0.2) is 35.0 Å². The lowest BCUT2D eigenvalue weighted by Crippen LogP contribution is -2.38. The molecule has 3 aromatic rings. The Morgan fingerprint density at radius 1 is 1.09 bits per heavy atom. The monoisotopic (exact) mass is 435 g/mol. The Morgan fingerprint density at radius 3 is 2.56 bits per heavy atom. The third-order valence-electron chi connectivity index (χ3n) is 5.18. The van der Waals surface area contributed by atoms with Gasteiger partial charge in [-0.05, 0) is 57.0 Å². The highest BCUT2D eigenvalue weighted by Crippen LogP contribution is 2.20. The highest BCUT2D eigenvalue weighted by molar-refractivity contribution is 5.99. The highest BCUT2D eigenvalue weighted by atomic mass is 16.5. The van der Waals surface area contributed by atoms with Crippen molar-refractivity contribution in [3.05, 3.63) is 76.7 Å². The fourth-order valence-corrected chi connectivity index (χ4v) is 3.36. The zero-order valence-electron chi connectivity index (χ0n) is 19.0. The predicted octanol–water partition coefficient (Wildman–Crippen LogP) is 4.67. The second-order valence-electron chi connectivity index (χ2n) is 7.71. The number of hydrogen-bond acceptors (Lipinski definition) is 5. The zero-order chi connectivity index (χ0) is 23.1. The molecule has 0 aliphatic rings. The maximum absolute atomic E-state index is 13.1. The molecule has 2 aromatic carbocycles. The van der Waals surface area contributed by atoms with Crippen LogP contribution in [0.15, 0.2) is 53.1 Å². The van der Waals surface area contributed by atoms with Gasteiger partial charge in [0.25, 0.3) is 5.91 Å². The number of rotatable bonds is 9. The van der Waals surface area contributed by atoms with E-state index in [0.29, 0.717) is 30.2 Å². The number of hydrogen-bond donors (Lipinski definition) is 1. The van der Waals surface area contributed by atoms with E-state index in [1.54, 1.807) is 29.2 Å². The summed E-state index contributed by atoms with van der Waals surface area (Å²) < 4.78 is 11.0. The maximum Gasteiger partial charge on any atom is 0.254 e. The molecule has 0 saturated carbocycles. The summed E-state index contributed by atoms with van der Waals surface area (Å²) in [6, 6.07) is 14.6. The first-order chi connectivity index (χ1) is 15.4. The van der Waals surface area contributed by atoms with Gasteiger partial charge >= 0.3 is 0 Å². The number of para-hydroxylation sites is 1. The van der Waals surface area contributed by atoms with Gasteiger partial charge in [-0.2, -0.15) is 0 Å². The fraction of sp³-hybridized carbons (Fsp3) is 0.320. The van der Waals surface area contributed by atoms with Gasteiger partial charge in [-0.1, -0.05) is 36.3 Å².